The Morgan fingerprint density at radius 1 is 1.29 bits per heavy atom. The minimum atomic E-state index is -0.497. The quantitative estimate of drug-likeness (QED) is 0.494. The largest absolute Gasteiger partial charge is 0.453 e. The number of hydrogen-bond acceptors (Lipinski definition) is 4. The van der Waals surface area contributed by atoms with Crippen LogP contribution in [-0.2, 0) is 0 Å². The lowest BCUT2D eigenvalue weighted by atomic mass is 10.1. The number of furan rings is 1. The molecule has 2 rings (SSSR count). The summed E-state index contributed by atoms with van der Waals surface area (Å²) in [6, 6.07) is 7.62. The monoisotopic (exact) mass is 295 g/mol. The molecule has 0 atom stereocenters. The zero-order chi connectivity index (χ0) is 12.4. The van der Waals surface area contributed by atoms with E-state index in [1.54, 1.807) is 12.1 Å². The molecule has 0 aliphatic heterocycles. The molecule has 0 radical (unpaired) electrons. The fourth-order valence-electron chi connectivity index (χ4n) is 1.43. The van der Waals surface area contributed by atoms with E-state index >= 15 is 0 Å². The Hall–Kier alpha value is -1.95. The summed E-state index contributed by atoms with van der Waals surface area (Å²) >= 11 is 3.16. The minimum absolute atomic E-state index is 0.0776. The van der Waals surface area contributed by atoms with Gasteiger partial charge in [0.05, 0.1) is 10.5 Å². The number of carbonyl (C=O) groups is 1. The average Bonchev–Trinajstić information content (AvgIpc) is 2.77. The smallest absolute Gasteiger partial charge is 0.281 e. The van der Waals surface area contributed by atoms with Gasteiger partial charge in [-0.05, 0) is 24.3 Å². The number of aldehydes is 1. The molecule has 1 aromatic heterocycles. The van der Waals surface area contributed by atoms with E-state index in [4.69, 9.17) is 4.42 Å². The zero-order valence-electron chi connectivity index (χ0n) is 8.42. The molecular weight excluding hydrogens is 290 g/mol. The molecule has 0 saturated heterocycles. The second-order valence-corrected chi connectivity index (χ2v) is 4.15. The summed E-state index contributed by atoms with van der Waals surface area (Å²) < 4.78 is 5.77. The highest BCUT2D eigenvalue weighted by molar-refractivity contribution is 9.10. The molecule has 0 amide bonds. The van der Waals surface area contributed by atoms with E-state index in [2.05, 4.69) is 15.9 Å². The highest BCUT2D eigenvalue weighted by atomic mass is 79.9. The van der Waals surface area contributed by atoms with Gasteiger partial charge in [-0.2, -0.15) is 0 Å². The van der Waals surface area contributed by atoms with Gasteiger partial charge in [-0.3, -0.25) is 14.9 Å². The Labute approximate surface area is 104 Å². The predicted molar refractivity (Wildman–Crippen MR) is 63.9 cm³/mol. The molecule has 17 heavy (non-hydrogen) atoms. The molecule has 0 N–H and O–H groups in total. The Balaban J connectivity index is 2.58. The Morgan fingerprint density at radius 2 is 2.06 bits per heavy atom. The van der Waals surface area contributed by atoms with Crippen molar-refractivity contribution in [1.29, 1.82) is 0 Å². The molecule has 0 unspecified atom stereocenters. The molecular formula is C11H6BrNO4. The summed E-state index contributed by atoms with van der Waals surface area (Å²) in [5, 5.41) is 10.9. The van der Waals surface area contributed by atoms with Crippen LogP contribution in [0.2, 0.25) is 0 Å². The summed E-state index contributed by atoms with van der Waals surface area (Å²) in [5.74, 6) is 0.434. The van der Waals surface area contributed by atoms with Crippen LogP contribution in [0.3, 0.4) is 0 Å². The lowest BCUT2D eigenvalue weighted by molar-refractivity contribution is -0.384. The summed E-state index contributed by atoms with van der Waals surface area (Å²) in [7, 11) is 0. The number of nitro groups is 1. The highest BCUT2D eigenvalue weighted by Gasteiger charge is 2.18. The van der Waals surface area contributed by atoms with Gasteiger partial charge in [0.15, 0.2) is 12.0 Å². The number of halogens is 1. The first-order valence-corrected chi connectivity index (χ1v) is 5.40. The Morgan fingerprint density at radius 3 is 2.65 bits per heavy atom. The van der Waals surface area contributed by atoms with Crippen LogP contribution in [0.15, 0.2) is 39.2 Å². The van der Waals surface area contributed by atoms with Crippen LogP contribution in [0.1, 0.15) is 10.6 Å². The third kappa shape index (κ3) is 2.26. The zero-order valence-corrected chi connectivity index (χ0v) is 10.0. The molecule has 1 aromatic carbocycles. The van der Waals surface area contributed by atoms with E-state index in [-0.39, 0.29) is 11.4 Å². The van der Waals surface area contributed by atoms with Crippen molar-refractivity contribution in [2.24, 2.45) is 0 Å². The first kappa shape index (κ1) is 11.5. The van der Waals surface area contributed by atoms with Crippen LogP contribution in [-0.4, -0.2) is 11.2 Å². The van der Waals surface area contributed by atoms with Gasteiger partial charge in [-0.1, -0.05) is 15.9 Å². The molecule has 86 valence electrons. The normalized spacial score (nSPS) is 10.2. The number of hydrogen-bond donors (Lipinski definition) is 0. The van der Waals surface area contributed by atoms with Crippen molar-refractivity contribution in [2.45, 2.75) is 0 Å². The van der Waals surface area contributed by atoms with Crippen LogP contribution < -0.4 is 0 Å². The second kappa shape index (κ2) is 4.50. The van der Waals surface area contributed by atoms with Gasteiger partial charge < -0.3 is 4.42 Å². The number of rotatable bonds is 3. The van der Waals surface area contributed by atoms with Gasteiger partial charge in [0, 0.05) is 10.5 Å². The lowest BCUT2D eigenvalue weighted by Crippen LogP contribution is -1.91. The molecule has 0 spiro atoms. The number of carbonyl (C=O) groups excluding carboxylic acids is 1. The first-order valence-electron chi connectivity index (χ1n) is 4.61. The topological polar surface area (TPSA) is 73.3 Å². The third-order valence-electron chi connectivity index (χ3n) is 2.16. The van der Waals surface area contributed by atoms with Crippen LogP contribution in [0, 0.1) is 10.1 Å². The number of nitrogens with zero attached hydrogens (tertiary/aromatic N) is 1. The van der Waals surface area contributed by atoms with Crippen molar-refractivity contribution in [1.82, 2.24) is 0 Å². The van der Waals surface area contributed by atoms with Crippen molar-refractivity contribution in [3.8, 4) is 11.3 Å². The van der Waals surface area contributed by atoms with Gasteiger partial charge in [0.1, 0.15) is 5.76 Å². The van der Waals surface area contributed by atoms with Crippen LogP contribution in [0.5, 0.6) is 0 Å². The Kier molecular flexibility index (Phi) is 3.06. The van der Waals surface area contributed by atoms with E-state index in [9.17, 15) is 14.9 Å². The number of benzene rings is 1. The maximum absolute atomic E-state index is 10.9. The summed E-state index contributed by atoms with van der Waals surface area (Å²) in [4.78, 5) is 20.9. The van der Waals surface area contributed by atoms with Gasteiger partial charge in [-0.25, -0.2) is 0 Å². The molecule has 0 saturated carbocycles. The van der Waals surface area contributed by atoms with Gasteiger partial charge in [0.2, 0.25) is 0 Å². The maximum atomic E-state index is 10.9. The summed E-state index contributed by atoms with van der Waals surface area (Å²) in [5.41, 5.74) is 0.262. The molecule has 2 aromatic rings. The Bertz CT molecular complexity index is 591. The fourth-order valence-corrected chi connectivity index (χ4v) is 1.77. The van der Waals surface area contributed by atoms with Gasteiger partial charge in [0.25, 0.3) is 5.69 Å². The second-order valence-electron chi connectivity index (χ2n) is 3.24. The van der Waals surface area contributed by atoms with Crippen LogP contribution in [0.4, 0.5) is 5.69 Å². The molecule has 0 bridgehead atoms. The fraction of sp³-hybridized carbons (Fsp3) is 0. The highest BCUT2D eigenvalue weighted by Crippen LogP contribution is 2.33. The van der Waals surface area contributed by atoms with Crippen molar-refractivity contribution < 1.29 is 14.1 Å². The van der Waals surface area contributed by atoms with E-state index in [1.807, 2.05) is 0 Å². The van der Waals surface area contributed by atoms with Crippen LogP contribution in [0.25, 0.3) is 11.3 Å². The van der Waals surface area contributed by atoms with E-state index in [1.165, 1.54) is 18.2 Å². The lowest BCUT2D eigenvalue weighted by Gasteiger charge is -2.00. The SMILES string of the molecule is O=Cc1ccc(-c2ccc(Br)cc2[N+](=O)[O-])o1. The molecule has 1 heterocycles. The van der Waals surface area contributed by atoms with E-state index in [0.29, 0.717) is 22.1 Å². The number of nitro benzene ring substituents is 1. The summed E-state index contributed by atoms with van der Waals surface area (Å²) in [6.07, 6.45) is 0.550. The van der Waals surface area contributed by atoms with E-state index < -0.39 is 4.92 Å². The standard InChI is InChI=1S/C11H6BrNO4/c12-7-1-3-9(10(5-7)13(15)16)11-4-2-8(6-14)17-11/h1-6H. The van der Waals surface area contributed by atoms with Crippen molar-refractivity contribution in [3.05, 3.63) is 50.7 Å². The molecule has 5 nitrogen and oxygen atoms in total. The van der Waals surface area contributed by atoms with Gasteiger partial charge >= 0.3 is 0 Å². The molecule has 0 aliphatic rings. The minimum Gasteiger partial charge on any atom is -0.453 e. The molecule has 0 fully saturated rings. The average molecular weight is 296 g/mol. The molecule has 6 heteroatoms. The van der Waals surface area contributed by atoms with Crippen molar-refractivity contribution in [2.75, 3.05) is 0 Å². The van der Waals surface area contributed by atoms with E-state index in [0.717, 1.165) is 0 Å². The third-order valence-corrected chi connectivity index (χ3v) is 2.66. The predicted octanol–water partition coefficient (Wildman–Crippen LogP) is 3.43. The van der Waals surface area contributed by atoms with Crippen LogP contribution >= 0.6 is 15.9 Å². The molecule has 0 aliphatic carbocycles. The maximum Gasteiger partial charge on any atom is 0.281 e. The van der Waals surface area contributed by atoms with Gasteiger partial charge in [-0.15, -0.1) is 0 Å². The van der Waals surface area contributed by atoms with Crippen molar-refractivity contribution >= 4 is 27.9 Å². The van der Waals surface area contributed by atoms with Crippen molar-refractivity contribution in [3.63, 3.8) is 0 Å². The summed E-state index contributed by atoms with van der Waals surface area (Å²) in [6.45, 7) is 0. The first-order chi connectivity index (χ1) is 8.11.